The Balaban J connectivity index is 1.33. The lowest BCUT2D eigenvalue weighted by Crippen LogP contribution is -2.43. The number of likely N-dealkylation sites (tertiary alicyclic amines) is 1. The number of amides is 1. The summed E-state index contributed by atoms with van der Waals surface area (Å²) in [6, 6.07) is 4.63. The number of aryl methyl sites for hydroxylation is 1. The number of benzene rings is 1. The minimum absolute atomic E-state index is 0.0523. The minimum atomic E-state index is 0.0523. The number of fused-ring (bicyclic) bond motifs is 4. The zero-order valence-electron chi connectivity index (χ0n) is 19.6. The van der Waals surface area contributed by atoms with Crippen LogP contribution in [0, 0.1) is 5.92 Å². The van der Waals surface area contributed by atoms with Crippen LogP contribution in [0.2, 0.25) is 0 Å². The normalized spacial score (nSPS) is 22.3. The Morgan fingerprint density at radius 1 is 1.21 bits per heavy atom. The Kier molecular flexibility index (Phi) is 5.17. The van der Waals surface area contributed by atoms with Crippen LogP contribution >= 0.6 is 11.3 Å². The smallest absolute Gasteiger partial charge is 0.226 e. The van der Waals surface area contributed by atoms with Gasteiger partial charge in [-0.05, 0) is 57.6 Å². The van der Waals surface area contributed by atoms with Crippen molar-refractivity contribution in [2.45, 2.75) is 58.0 Å². The summed E-state index contributed by atoms with van der Waals surface area (Å²) in [6.07, 6.45) is 8.12. The summed E-state index contributed by atoms with van der Waals surface area (Å²) in [5.41, 5.74) is 3.02. The largest absolute Gasteiger partial charge is 0.494 e. The second kappa shape index (κ2) is 8.23. The van der Waals surface area contributed by atoms with Gasteiger partial charge >= 0.3 is 0 Å². The Labute approximate surface area is 201 Å². The molecule has 1 aliphatic heterocycles. The Morgan fingerprint density at radius 3 is 2.82 bits per heavy atom. The van der Waals surface area contributed by atoms with Gasteiger partial charge in [-0.2, -0.15) is 5.10 Å². The van der Waals surface area contributed by atoms with E-state index in [0.717, 1.165) is 64.7 Å². The number of thiophene rings is 1. The van der Waals surface area contributed by atoms with Gasteiger partial charge in [-0.1, -0.05) is 0 Å². The van der Waals surface area contributed by atoms with Crippen molar-refractivity contribution in [2.24, 2.45) is 5.92 Å². The lowest BCUT2D eigenvalue weighted by atomic mass is 9.86. The van der Waals surface area contributed by atoms with Crippen LogP contribution in [-0.4, -0.2) is 50.2 Å². The van der Waals surface area contributed by atoms with Crippen LogP contribution in [0.3, 0.4) is 0 Å². The Hall–Kier alpha value is -3.20. The molecule has 34 heavy (non-hydrogen) atoms. The molecule has 1 aliphatic carbocycles. The van der Waals surface area contributed by atoms with E-state index in [1.165, 1.54) is 10.4 Å². The molecule has 3 aromatic heterocycles. The zero-order valence-corrected chi connectivity index (χ0v) is 20.4. The fraction of sp³-hybridized carbons (Fsp3) is 0.440. The lowest BCUT2D eigenvalue weighted by Gasteiger charge is -2.32. The van der Waals surface area contributed by atoms with Crippen molar-refractivity contribution in [3.63, 3.8) is 0 Å². The Morgan fingerprint density at radius 2 is 2.03 bits per heavy atom. The number of nitrogens with zero attached hydrogens (tertiary/aromatic N) is 4. The first kappa shape index (κ1) is 21.3. The number of anilines is 2. The average molecular weight is 477 g/mol. The van der Waals surface area contributed by atoms with E-state index >= 15 is 0 Å². The third kappa shape index (κ3) is 3.41. The number of aromatic nitrogens is 4. The van der Waals surface area contributed by atoms with Crippen molar-refractivity contribution >= 4 is 49.9 Å². The highest BCUT2D eigenvalue weighted by molar-refractivity contribution is 7.19. The first-order valence-electron chi connectivity index (χ1n) is 11.9. The van der Waals surface area contributed by atoms with Gasteiger partial charge in [0.1, 0.15) is 22.7 Å². The standard InChI is InChI=1S/C25H28N6O2S/c1-13-4-5-14(2)31(13)25(32)15-6-7-17-21(9-15)34-24-22(17)23(26-12-27-24)29-19-8-16-11-28-30-18(16)10-20(19)33-3/h8,10-15H,4-7,9H2,1-3H3,(H,28,30)(H,26,27,29)/t13-,14-,15?/m1/s1. The second-order valence-corrected chi connectivity index (χ2v) is 10.6. The number of H-pyrrole nitrogens is 1. The number of rotatable bonds is 4. The third-order valence-corrected chi connectivity index (χ3v) is 8.58. The van der Waals surface area contributed by atoms with Crippen LogP contribution in [-0.2, 0) is 17.6 Å². The number of hydrogen-bond donors (Lipinski definition) is 2. The quantitative estimate of drug-likeness (QED) is 0.438. The summed E-state index contributed by atoms with van der Waals surface area (Å²) in [5, 5.41) is 12.6. The molecule has 1 fully saturated rings. The van der Waals surface area contributed by atoms with E-state index in [9.17, 15) is 4.79 Å². The van der Waals surface area contributed by atoms with Crippen LogP contribution in [0.1, 0.15) is 43.6 Å². The van der Waals surface area contributed by atoms with Gasteiger partial charge in [0.2, 0.25) is 5.91 Å². The van der Waals surface area contributed by atoms with Crippen LogP contribution < -0.4 is 10.1 Å². The van der Waals surface area contributed by atoms with Gasteiger partial charge < -0.3 is 15.0 Å². The first-order chi connectivity index (χ1) is 16.5. The van der Waals surface area contributed by atoms with E-state index in [-0.39, 0.29) is 5.92 Å². The molecule has 8 nitrogen and oxygen atoms in total. The minimum Gasteiger partial charge on any atom is -0.494 e. The van der Waals surface area contributed by atoms with Crippen molar-refractivity contribution in [3.05, 3.63) is 35.1 Å². The molecule has 0 radical (unpaired) electrons. The molecule has 4 heterocycles. The molecule has 0 bridgehead atoms. The zero-order chi connectivity index (χ0) is 23.4. The maximum atomic E-state index is 13.4. The molecule has 1 saturated heterocycles. The molecule has 0 spiro atoms. The highest BCUT2D eigenvalue weighted by Crippen LogP contribution is 2.42. The van der Waals surface area contributed by atoms with E-state index in [1.807, 2.05) is 12.1 Å². The maximum absolute atomic E-state index is 13.4. The number of nitrogens with one attached hydrogen (secondary N) is 2. The number of hydrogen-bond acceptors (Lipinski definition) is 7. The van der Waals surface area contributed by atoms with E-state index in [0.29, 0.717) is 23.7 Å². The number of ether oxygens (including phenoxy) is 1. The van der Waals surface area contributed by atoms with E-state index < -0.39 is 0 Å². The number of methoxy groups -OCH3 is 1. The topological polar surface area (TPSA) is 96.0 Å². The predicted octanol–water partition coefficient (Wildman–Crippen LogP) is 4.82. The van der Waals surface area contributed by atoms with Gasteiger partial charge in [0, 0.05) is 34.3 Å². The SMILES string of the molecule is COc1cc2[nH]ncc2cc1Nc1ncnc2sc3c(c12)CCC(C(=O)N1[C@H](C)CC[C@H]1C)C3. The molecule has 4 aromatic rings. The highest BCUT2D eigenvalue weighted by Gasteiger charge is 2.37. The van der Waals surface area contributed by atoms with Gasteiger partial charge in [0.05, 0.1) is 29.9 Å². The number of carbonyl (C=O) groups excluding carboxylic acids is 1. The highest BCUT2D eigenvalue weighted by atomic mass is 32.1. The van der Waals surface area contributed by atoms with Crippen molar-refractivity contribution in [2.75, 3.05) is 12.4 Å². The molecular formula is C25H28N6O2S. The molecule has 3 atom stereocenters. The molecule has 9 heteroatoms. The first-order valence-corrected chi connectivity index (χ1v) is 12.7. The van der Waals surface area contributed by atoms with Crippen molar-refractivity contribution in [1.29, 1.82) is 0 Å². The number of aromatic amines is 1. The third-order valence-electron chi connectivity index (χ3n) is 7.41. The molecule has 2 N–H and O–H groups in total. The molecule has 1 aromatic carbocycles. The predicted molar refractivity (Wildman–Crippen MR) is 134 cm³/mol. The van der Waals surface area contributed by atoms with Crippen molar-refractivity contribution in [1.82, 2.24) is 25.1 Å². The van der Waals surface area contributed by atoms with Crippen molar-refractivity contribution < 1.29 is 9.53 Å². The summed E-state index contributed by atoms with van der Waals surface area (Å²) in [6.45, 7) is 4.36. The monoisotopic (exact) mass is 476 g/mol. The maximum Gasteiger partial charge on any atom is 0.226 e. The molecule has 2 aliphatic rings. The van der Waals surface area contributed by atoms with Gasteiger partial charge in [0.15, 0.2) is 0 Å². The van der Waals surface area contributed by atoms with Gasteiger partial charge in [-0.25, -0.2) is 9.97 Å². The summed E-state index contributed by atoms with van der Waals surface area (Å²) in [4.78, 5) is 26.9. The molecular weight excluding hydrogens is 448 g/mol. The average Bonchev–Trinajstić information content (AvgIpc) is 3.54. The van der Waals surface area contributed by atoms with Crippen molar-refractivity contribution in [3.8, 4) is 5.75 Å². The molecule has 6 rings (SSSR count). The molecule has 176 valence electrons. The fourth-order valence-electron chi connectivity index (χ4n) is 5.62. The van der Waals surface area contributed by atoms with E-state index in [4.69, 9.17) is 4.74 Å². The van der Waals surface area contributed by atoms with Crippen LogP contribution in [0.15, 0.2) is 24.7 Å². The van der Waals surface area contributed by atoms with Gasteiger partial charge in [-0.3, -0.25) is 9.89 Å². The summed E-state index contributed by atoms with van der Waals surface area (Å²) in [7, 11) is 1.66. The Bertz CT molecular complexity index is 1390. The summed E-state index contributed by atoms with van der Waals surface area (Å²) in [5.74, 6) is 1.86. The fourth-order valence-corrected chi connectivity index (χ4v) is 6.89. The van der Waals surface area contributed by atoms with E-state index in [2.05, 4.69) is 44.2 Å². The molecule has 1 unspecified atom stereocenters. The van der Waals surface area contributed by atoms with Gasteiger partial charge in [-0.15, -0.1) is 11.3 Å². The van der Waals surface area contributed by atoms with Crippen LogP contribution in [0.25, 0.3) is 21.1 Å². The van der Waals surface area contributed by atoms with Crippen LogP contribution in [0.5, 0.6) is 5.75 Å². The number of carbonyl (C=O) groups is 1. The van der Waals surface area contributed by atoms with Gasteiger partial charge in [0.25, 0.3) is 0 Å². The second-order valence-electron chi connectivity index (χ2n) is 9.50. The lowest BCUT2D eigenvalue weighted by molar-refractivity contribution is -0.138. The summed E-state index contributed by atoms with van der Waals surface area (Å²) >= 11 is 1.70. The van der Waals surface area contributed by atoms with Crippen LogP contribution in [0.4, 0.5) is 11.5 Å². The molecule has 1 amide bonds. The summed E-state index contributed by atoms with van der Waals surface area (Å²) < 4.78 is 5.61. The molecule has 0 saturated carbocycles. The van der Waals surface area contributed by atoms with E-state index in [1.54, 1.807) is 31.0 Å².